The number of nitrogens with zero attached hydrogens (tertiary/aromatic N) is 2. The second kappa shape index (κ2) is 6.40. The minimum absolute atomic E-state index is 0.0857. The summed E-state index contributed by atoms with van der Waals surface area (Å²) in [5.41, 5.74) is 0. The quantitative estimate of drug-likeness (QED) is 0.741. The van der Waals surface area contributed by atoms with Gasteiger partial charge in [-0.3, -0.25) is 9.59 Å². The predicted octanol–water partition coefficient (Wildman–Crippen LogP) is 0.254. The van der Waals surface area contributed by atoms with Gasteiger partial charge in [-0.2, -0.15) is 0 Å². The molecule has 1 saturated heterocycles. The maximum atomic E-state index is 12.0. The number of carbonyl (C=O) groups excluding carboxylic acids is 2. The van der Waals surface area contributed by atoms with Gasteiger partial charge < -0.3 is 19.6 Å². The molecule has 0 aliphatic carbocycles. The Morgan fingerprint density at radius 2 is 2.00 bits per heavy atom. The van der Waals surface area contributed by atoms with Gasteiger partial charge in [0.05, 0.1) is 12.5 Å². The van der Waals surface area contributed by atoms with E-state index < -0.39 is 17.9 Å². The van der Waals surface area contributed by atoms with Crippen molar-refractivity contribution in [3.63, 3.8) is 0 Å². The molecular weight excluding hydrogens is 252 g/mol. The molecule has 1 heterocycles. The first-order valence-electron chi connectivity index (χ1n) is 6.25. The van der Waals surface area contributed by atoms with E-state index in [1.54, 1.807) is 13.8 Å². The molecule has 2 amide bonds. The molecule has 1 aliphatic heterocycles. The fourth-order valence-electron chi connectivity index (χ4n) is 2.15. The summed E-state index contributed by atoms with van der Waals surface area (Å²) in [6, 6.07) is -0.344. The van der Waals surface area contributed by atoms with Gasteiger partial charge in [-0.05, 0) is 12.8 Å². The first kappa shape index (κ1) is 15.3. The van der Waals surface area contributed by atoms with Crippen LogP contribution >= 0.6 is 0 Å². The number of ether oxygens (including phenoxy) is 1. The number of rotatable bonds is 4. The summed E-state index contributed by atoms with van der Waals surface area (Å²) in [6.07, 6.45) is 0. The van der Waals surface area contributed by atoms with Gasteiger partial charge in [0, 0.05) is 20.1 Å². The zero-order valence-electron chi connectivity index (χ0n) is 11.5. The summed E-state index contributed by atoms with van der Waals surface area (Å²) < 4.78 is 4.76. The van der Waals surface area contributed by atoms with Crippen LogP contribution in [-0.4, -0.2) is 66.2 Å². The van der Waals surface area contributed by atoms with Crippen molar-refractivity contribution in [1.82, 2.24) is 9.80 Å². The number of carbonyl (C=O) groups is 3. The van der Waals surface area contributed by atoms with Gasteiger partial charge >= 0.3 is 18.0 Å². The SMILES string of the molecule is CCOC(=O)CN(C)C(=O)N1CC(C)C(C(=O)O)C1. The van der Waals surface area contributed by atoms with E-state index in [2.05, 4.69) is 0 Å². The molecule has 1 aliphatic rings. The summed E-state index contributed by atoms with van der Waals surface area (Å²) >= 11 is 0. The maximum Gasteiger partial charge on any atom is 0.325 e. The van der Waals surface area contributed by atoms with Crippen LogP contribution in [0.2, 0.25) is 0 Å². The Morgan fingerprint density at radius 1 is 1.37 bits per heavy atom. The van der Waals surface area contributed by atoms with Crippen molar-refractivity contribution in [1.29, 1.82) is 0 Å². The van der Waals surface area contributed by atoms with Crippen LogP contribution in [0.3, 0.4) is 0 Å². The van der Waals surface area contributed by atoms with Crippen LogP contribution in [-0.2, 0) is 14.3 Å². The van der Waals surface area contributed by atoms with Crippen molar-refractivity contribution >= 4 is 18.0 Å². The Labute approximate surface area is 112 Å². The lowest BCUT2D eigenvalue weighted by Crippen LogP contribution is -2.42. The van der Waals surface area contributed by atoms with Gasteiger partial charge in [-0.15, -0.1) is 0 Å². The van der Waals surface area contributed by atoms with Crippen molar-refractivity contribution in [3.05, 3.63) is 0 Å². The molecule has 7 nitrogen and oxygen atoms in total. The van der Waals surface area contributed by atoms with E-state index in [-0.39, 0.29) is 31.6 Å². The molecule has 1 fully saturated rings. The second-order valence-corrected chi connectivity index (χ2v) is 4.77. The molecule has 2 unspecified atom stereocenters. The zero-order valence-corrected chi connectivity index (χ0v) is 11.5. The monoisotopic (exact) mass is 272 g/mol. The number of likely N-dealkylation sites (N-methyl/N-ethyl adjacent to an activating group) is 1. The highest BCUT2D eigenvalue weighted by Crippen LogP contribution is 2.23. The van der Waals surface area contributed by atoms with Crippen molar-refractivity contribution in [2.24, 2.45) is 11.8 Å². The second-order valence-electron chi connectivity index (χ2n) is 4.77. The maximum absolute atomic E-state index is 12.0. The van der Waals surface area contributed by atoms with Crippen LogP contribution in [0, 0.1) is 11.8 Å². The zero-order chi connectivity index (χ0) is 14.6. The van der Waals surface area contributed by atoms with Gasteiger partial charge in [-0.25, -0.2) is 4.79 Å². The molecule has 108 valence electrons. The van der Waals surface area contributed by atoms with E-state index in [0.717, 1.165) is 0 Å². The predicted molar refractivity (Wildman–Crippen MR) is 66.5 cm³/mol. The van der Waals surface area contributed by atoms with E-state index in [4.69, 9.17) is 9.84 Å². The molecule has 1 N–H and O–H groups in total. The molecule has 0 aromatic rings. The molecule has 0 spiro atoms. The number of amides is 2. The normalized spacial score (nSPS) is 22.2. The fourth-order valence-corrected chi connectivity index (χ4v) is 2.15. The molecule has 0 aromatic carbocycles. The van der Waals surface area contributed by atoms with Crippen LogP contribution in [0.1, 0.15) is 13.8 Å². The van der Waals surface area contributed by atoms with Gasteiger partial charge in [-0.1, -0.05) is 6.92 Å². The Hall–Kier alpha value is -1.79. The van der Waals surface area contributed by atoms with Crippen LogP contribution in [0.5, 0.6) is 0 Å². The molecule has 0 bridgehead atoms. The third-order valence-electron chi connectivity index (χ3n) is 3.20. The highest BCUT2D eigenvalue weighted by molar-refractivity contribution is 5.82. The van der Waals surface area contributed by atoms with E-state index in [9.17, 15) is 14.4 Å². The number of aliphatic carboxylic acids is 1. The number of urea groups is 1. The summed E-state index contributed by atoms with van der Waals surface area (Å²) in [4.78, 5) is 37.0. The van der Waals surface area contributed by atoms with E-state index in [1.807, 2.05) is 0 Å². The number of esters is 1. The van der Waals surface area contributed by atoms with Crippen LogP contribution in [0.15, 0.2) is 0 Å². The van der Waals surface area contributed by atoms with Crippen molar-refractivity contribution in [2.75, 3.05) is 33.3 Å². The first-order valence-corrected chi connectivity index (χ1v) is 6.25. The van der Waals surface area contributed by atoms with Gasteiger partial charge in [0.2, 0.25) is 0 Å². The molecule has 0 radical (unpaired) electrons. The first-order chi connectivity index (χ1) is 8.86. The standard InChI is InChI=1S/C12H20N2O5/c1-4-19-10(15)7-13(3)12(18)14-5-8(2)9(6-14)11(16)17/h8-9H,4-7H2,1-3H3,(H,16,17). The number of carboxylic acids is 1. The van der Waals surface area contributed by atoms with E-state index in [0.29, 0.717) is 6.54 Å². The van der Waals surface area contributed by atoms with E-state index >= 15 is 0 Å². The average Bonchev–Trinajstić information content (AvgIpc) is 2.70. The Bertz CT molecular complexity index is 371. The van der Waals surface area contributed by atoms with Crippen LogP contribution in [0.25, 0.3) is 0 Å². The minimum atomic E-state index is -0.893. The largest absolute Gasteiger partial charge is 0.481 e. The lowest BCUT2D eigenvalue weighted by Gasteiger charge is -2.23. The summed E-state index contributed by atoms with van der Waals surface area (Å²) in [5, 5.41) is 9.01. The van der Waals surface area contributed by atoms with E-state index in [1.165, 1.54) is 16.8 Å². The van der Waals surface area contributed by atoms with Gasteiger partial charge in [0.25, 0.3) is 0 Å². The number of hydrogen-bond donors (Lipinski definition) is 1. The number of hydrogen-bond acceptors (Lipinski definition) is 4. The smallest absolute Gasteiger partial charge is 0.325 e. The fraction of sp³-hybridized carbons (Fsp3) is 0.750. The third kappa shape index (κ3) is 3.84. The van der Waals surface area contributed by atoms with Gasteiger partial charge in [0.1, 0.15) is 6.54 Å². The lowest BCUT2D eigenvalue weighted by molar-refractivity contribution is -0.144. The summed E-state index contributed by atoms with van der Waals surface area (Å²) in [5.74, 6) is -1.99. The van der Waals surface area contributed by atoms with Crippen LogP contribution in [0.4, 0.5) is 4.79 Å². The average molecular weight is 272 g/mol. The lowest BCUT2D eigenvalue weighted by atomic mass is 9.99. The summed E-state index contributed by atoms with van der Waals surface area (Å²) in [7, 11) is 1.50. The molecule has 2 atom stereocenters. The molecule has 19 heavy (non-hydrogen) atoms. The molecule has 7 heteroatoms. The molecule has 1 rings (SSSR count). The number of likely N-dealkylation sites (tertiary alicyclic amines) is 1. The summed E-state index contributed by atoms with van der Waals surface area (Å²) in [6.45, 7) is 4.21. The topological polar surface area (TPSA) is 87.2 Å². The van der Waals surface area contributed by atoms with Gasteiger partial charge in [0.15, 0.2) is 0 Å². The minimum Gasteiger partial charge on any atom is -0.481 e. The third-order valence-corrected chi connectivity index (χ3v) is 3.20. The Morgan fingerprint density at radius 3 is 2.47 bits per heavy atom. The Balaban J connectivity index is 2.54. The van der Waals surface area contributed by atoms with Crippen molar-refractivity contribution < 1.29 is 24.2 Å². The Kier molecular flexibility index (Phi) is 5.14. The molecule has 0 aromatic heterocycles. The molecular formula is C12H20N2O5. The van der Waals surface area contributed by atoms with Crippen molar-refractivity contribution in [3.8, 4) is 0 Å². The number of carboxylic acid groups (broad SMARTS) is 1. The van der Waals surface area contributed by atoms with Crippen molar-refractivity contribution in [2.45, 2.75) is 13.8 Å². The highest BCUT2D eigenvalue weighted by Gasteiger charge is 2.38. The molecule has 0 saturated carbocycles. The highest BCUT2D eigenvalue weighted by atomic mass is 16.5. The van der Waals surface area contributed by atoms with Crippen LogP contribution < -0.4 is 0 Å².